The first-order valence-corrected chi connectivity index (χ1v) is 8.06. The van der Waals surface area contributed by atoms with Gasteiger partial charge in [-0.25, -0.2) is 4.98 Å². The zero-order valence-corrected chi connectivity index (χ0v) is 13.4. The maximum atomic E-state index is 13.1. The van der Waals surface area contributed by atoms with Gasteiger partial charge in [-0.3, -0.25) is 9.69 Å². The van der Waals surface area contributed by atoms with Crippen molar-refractivity contribution in [2.24, 2.45) is 7.05 Å². The molecule has 0 aliphatic carbocycles. The summed E-state index contributed by atoms with van der Waals surface area (Å²) in [4.78, 5) is 21.8. The average molecular weight is 290 g/mol. The smallest absolute Gasteiger partial charge is 0.243 e. The van der Waals surface area contributed by atoms with Crippen LogP contribution in [0.2, 0.25) is 0 Å². The molecule has 5 nitrogen and oxygen atoms in total. The molecular formula is C16H26N4O. The Labute approximate surface area is 126 Å². The molecule has 0 bridgehead atoms. The Kier molecular flexibility index (Phi) is 3.78. The molecule has 2 saturated heterocycles. The molecule has 3 heterocycles. The third-order valence-corrected chi connectivity index (χ3v) is 5.16. The molecule has 1 unspecified atom stereocenters. The fourth-order valence-corrected chi connectivity index (χ4v) is 3.93. The highest BCUT2D eigenvalue weighted by Gasteiger charge is 2.51. The lowest BCUT2D eigenvalue weighted by atomic mass is 9.84. The van der Waals surface area contributed by atoms with Gasteiger partial charge in [-0.1, -0.05) is 0 Å². The van der Waals surface area contributed by atoms with Crippen LogP contribution in [0.5, 0.6) is 0 Å². The molecular weight excluding hydrogens is 264 g/mol. The van der Waals surface area contributed by atoms with E-state index in [4.69, 9.17) is 0 Å². The lowest BCUT2D eigenvalue weighted by Gasteiger charge is -2.46. The van der Waals surface area contributed by atoms with E-state index >= 15 is 0 Å². The highest BCUT2D eigenvalue weighted by atomic mass is 16.2. The fourth-order valence-electron chi connectivity index (χ4n) is 3.93. The van der Waals surface area contributed by atoms with E-state index in [1.165, 1.54) is 5.69 Å². The molecule has 3 rings (SSSR count). The molecule has 1 aromatic heterocycles. The van der Waals surface area contributed by atoms with Gasteiger partial charge in [0.1, 0.15) is 5.54 Å². The molecule has 0 aromatic carbocycles. The Morgan fingerprint density at radius 2 is 2.00 bits per heavy atom. The summed E-state index contributed by atoms with van der Waals surface area (Å²) in [5, 5.41) is 0. The molecule has 1 aromatic rings. The first-order chi connectivity index (χ1) is 10.0. The van der Waals surface area contributed by atoms with Crippen molar-refractivity contribution >= 4 is 5.91 Å². The average Bonchev–Trinajstić information content (AvgIpc) is 3.02. The van der Waals surface area contributed by atoms with Gasteiger partial charge >= 0.3 is 0 Å². The van der Waals surface area contributed by atoms with Crippen molar-refractivity contribution in [3.05, 3.63) is 18.2 Å². The van der Waals surface area contributed by atoms with Crippen molar-refractivity contribution in [1.82, 2.24) is 19.4 Å². The Hall–Kier alpha value is -1.36. The van der Waals surface area contributed by atoms with E-state index in [2.05, 4.69) is 33.2 Å². The van der Waals surface area contributed by atoms with Gasteiger partial charge in [-0.15, -0.1) is 0 Å². The van der Waals surface area contributed by atoms with Crippen molar-refractivity contribution in [1.29, 1.82) is 0 Å². The van der Waals surface area contributed by atoms with E-state index < -0.39 is 0 Å². The first kappa shape index (κ1) is 14.6. The Balaban J connectivity index is 1.84. The van der Waals surface area contributed by atoms with Crippen LogP contribution in [0, 0.1) is 0 Å². The van der Waals surface area contributed by atoms with Gasteiger partial charge in [0.15, 0.2) is 0 Å². The molecule has 1 atom stereocenters. The summed E-state index contributed by atoms with van der Waals surface area (Å²) in [7, 11) is 2.02. The summed E-state index contributed by atoms with van der Waals surface area (Å²) in [6.07, 6.45) is 8.00. The van der Waals surface area contributed by atoms with E-state index in [-0.39, 0.29) is 5.54 Å². The van der Waals surface area contributed by atoms with Crippen LogP contribution in [0.15, 0.2) is 12.5 Å². The van der Waals surface area contributed by atoms with Gasteiger partial charge in [0.05, 0.1) is 12.0 Å². The first-order valence-electron chi connectivity index (χ1n) is 8.06. The largest absolute Gasteiger partial charge is 0.339 e. The predicted octanol–water partition coefficient (Wildman–Crippen LogP) is 1.79. The molecule has 0 N–H and O–H groups in total. The van der Waals surface area contributed by atoms with Crippen LogP contribution in [0.4, 0.5) is 0 Å². The highest BCUT2D eigenvalue weighted by molar-refractivity contribution is 5.87. The van der Waals surface area contributed by atoms with Crippen LogP contribution in [0.3, 0.4) is 0 Å². The van der Waals surface area contributed by atoms with Crippen LogP contribution >= 0.6 is 0 Å². The van der Waals surface area contributed by atoms with Crippen LogP contribution in [-0.2, 0) is 18.4 Å². The molecule has 0 saturated carbocycles. The van der Waals surface area contributed by atoms with E-state index in [1.54, 1.807) is 0 Å². The SMILES string of the molecule is CC(C)N1CCCC2(CCCN2Cc2cncn2C)C1=O. The third kappa shape index (κ3) is 2.37. The lowest BCUT2D eigenvalue weighted by Crippen LogP contribution is -2.61. The number of piperidine rings is 1. The van der Waals surface area contributed by atoms with Gasteiger partial charge in [0.25, 0.3) is 0 Å². The van der Waals surface area contributed by atoms with Crippen LogP contribution in [0.25, 0.3) is 0 Å². The summed E-state index contributed by atoms with van der Waals surface area (Å²) >= 11 is 0. The molecule has 21 heavy (non-hydrogen) atoms. The maximum absolute atomic E-state index is 13.1. The quantitative estimate of drug-likeness (QED) is 0.852. The topological polar surface area (TPSA) is 41.4 Å². The standard InChI is InChI=1S/C16H26N4O/c1-13(2)20-9-5-7-16(15(20)21)6-4-8-19(16)11-14-10-17-12-18(14)3/h10,12-13H,4-9,11H2,1-3H3. The van der Waals surface area contributed by atoms with Crippen molar-refractivity contribution in [3.8, 4) is 0 Å². The monoisotopic (exact) mass is 290 g/mol. The van der Waals surface area contributed by atoms with E-state index in [0.29, 0.717) is 11.9 Å². The van der Waals surface area contributed by atoms with Crippen molar-refractivity contribution in [2.45, 2.75) is 57.7 Å². The molecule has 2 aliphatic heterocycles. The Morgan fingerprint density at radius 1 is 1.29 bits per heavy atom. The number of aryl methyl sites for hydroxylation is 1. The minimum absolute atomic E-state index is 0.257. The zero-order chi connectivity index (χ0) is 15.0. The minimum Gasteiger partial charge on any atom is -0.339 e. The number of rotatable bonds is 3. The number of nitrogens with zero attached hydrogens (tertiary/aromatic N) is 4. The minimum atomic E-state index is -0.257. The van der Waals surface area contributed by atoms with Crippen LogP contribution in [-0.4, -0.2) is 49.9 Å². The van der Waals surface area contributed by atoms with Crippen molar-refractivity contribution < 1.29 is 4.79 Å². The van der Waals surface area contributed by atoms with E-state index in [1.807, 2.05) is 19.6 Å². The second-order valence-corrected chi connectivity index (χ2v) is 6.75. The summed E-state index contributed by atoms with van der Waals surface area (Å²) in [6.45, 7) is 7.00. The van der Waals surface area contributed by atoms with Crippen LogP contribution in [0.1, 0.15) is 45.2 Å². The van der Waals surface area contributed by atoms with Crippen molar-refractivity contribution in [2.75, 3.05) is 13.1 Å². The van der Waals surface area contributed by atoms with Gasteiger partial charge in [-0.2, -0.15) is 0 Å². The summed E-state index contributed by atoms with van der Waals surface area (Å²) < 4.78 is 2.06. The fraction of sp³-hybridized carbons (Fsp3) is 0.750. The van der Waals surface area contributed by atoms with Gasteiger partial charge in [0, 0.05) is 32.4 Å². The van der Waals surface area contributed by atoms with E-state index in [0.717, 1.165) is 45.3 Å². The van der Waals surface area contributed by atoms with Crippen LogP contribution < -0.4 is 0 Å². The Morgan fingerprint density at radius 3 is 2.62 bits per heavy atom. The number of likely N-dealkylation sites (tertiary alicyclic amines) is 2. The van der Waals surface area contributed by atoms with Gasteiger partial charge in [0.2, 0.25) is 5.91 Å². The summed E-state index contributed by atoms with van der Waals surface area (Å²) in [5.74, 6) is 0.350. The second-order valence-electron chi connectivity index (χ2n) is 6.75. The number of hydrogen-bond donors (Lipinski definition) is 0. The maximum Gasteiger partial charge on any atom is 0.243 e. The summed E-state index contributed by atoms with van der Waals surface area (Å²) in [6, 6.07) is 0.300. The molecule has 5 heteroatoms. The zero-order valence-electron chi connectivity index (χ0n) is 13.4. The Bertz CT molecular complexity index is 524. The molecule has 1 amide bonds. The van der Waals surface area contributed by atoms with E-state index in [9.17, 15) is 4.79 Å². The number of amides is 1. The van der Waals surface area contributed by atoms with Crippen molar-refractivity contribution in [3.63, 3.8) is 0 Å². The molecule has 2 aliphatic rings. The lowest BCUT2D eigenvalue weighted by molar-refractivity contribution is -0.149. The number of carbonyl (C=O) groups is 1. The molecule has 0 radical (unpaired) electrons. The number of imidazole rings is 1. The van der Waals surface area contributed by atoms with Gasteiger partial charge < -0.3 is 9.47 Å². The summed E-state index contributed by atoms with van der Waals surface area (Å²) in [5.41, 5.74) is 0.929. The molecule has 1 spiro atoms. The number of carbonyl (C=O) groups excluding carboxylic acids is 1. The molecule has 2 fully saturated rings. The normalized spacial score (nSPS) is 27.2. The molecule has 116 valence electrons. The predicted molar refractivity (Wildman–Crippen MR) is 81.7 cm³/mol. The number of aromatic nitrogens is 2. The second kappa shape index (κ2) is 5.44. The number of hydrogen-bond acceptors (Lipinski definition) is 3. The van der Waals surface area contributed by atoms with Gasteiger partial charge in [-0.05, 0) is 46.1 Å². The third-order valence-electron chi connectivity index (χ3n) is 5.16. The highest BCUT2D eigenvalue weighted by Crippen LogP contribution is 2.39.